The van der Waals surface area contributed by atoms with E-state index in [4.69, 9.17) is 9.47 Å². The van der Waals surface area contributed by atoms with E-state index in [-0.39, 0.29) is 10.8 Å². The molecule has 4 heteroatoms. The number of rotatable bonds is 2. The average molecular weight is 859 g/mol. The van der Waals surface area contributed by atoms with Crippen LogP contribution in [0.5, 0.6) is 23.0 Å². The van der Waals surface area contributed by atoms with Gasteiger partial charge in [0.15, 0.2) is 0 Å². The Kier molecular flexibility index (Phi) is 7.50. The Bertz CT molecular complexity index is 3280. The van der Waals surface area contributed by atoms with Crippen molar-refractivity contribution in [1.82, 2.24) is 0 Å². The van der Waals surface area contributed by atoms with Crippen LogP contribution in [0.15, 0.2) is 158 Å². The van der Waals surface area contributed by atoms with E-state index >= 15 is 0 Å². The van der Waals surface area contributed by atoms with Crippen molar-refractivity contribution in [2.24, 2.45) is 0 Å². The summed E-state index contributed by atoms with van der Waals surface area (Å²) in [6, 6.07) is 59.4. The molecule has 0 atom stereocenters. The van der Waals surface area contributed by atoms with E-state index < -0.39 is 16.1 Å². The highest BCUT2D eigenvalue weighted by atomic mass is 28.3. The maximum Gasteiger partial charge on any atom is 0.135 e. The van der Waals surface area contributed by atoms with E-state index in [1.54, 1.807) is 0 Å². The first-order chi connectivity index (χ1) is 30.8. The summed E-state index contributed by atoms with van der Waals surface area (Å²) in [6.07, 6.45) is 0. The lowest BCUT2D eigenvalue weighted by molar-refractivity contribution is 0.489. The van der Waals surface area contributed by atoms with Crippen LogP contribution in [0, 0.1) is 0 Å². The lowest BCUT2D eigenvalue weighted by atomic mass is 9.82. The molecule has 2 aliphatic carbocycles. The monoisotopic (exact) mass is 858 g/mol. The summed E-state index contributed by atoms with van der Waals surface area (Å²) in [6.45, 7) is 19.5. The molecule has 2 nitrogen and oxygen atoms in total. The molecular weight excluding hydrogens is 809 g/mol. The van der Waals surface area contributed by atoms with Gasteiger partial charge in [-0.1, -0.05) is 212 Å². The van der Waals surface area contributed by atoms with Gasteiger partial charge >= 0.3 is 0 Å². The normalized spacial score (nSPS) is 16.9. The molecule has 0 saturated heterocycles. The summed E-state index contributed by atoms with van der Waals surface area (Å²) in [7, 11) is -4.48. The van der Waals surface area contributed by atoms with Crippen molar-refractivity contribution < 1.29 is 9.47 Å². The first-order valence-electron chi connectivity index (χ1n) is 22.9. The number of fused-ring (bicyclic) bond motifs is 14. The van der Waals surface area contributed by atoms with Crippen molar-refractivity contribution in [2.45, 2.75) is 64.7 Å². The van der Waals surface area contributed by atoms with Crippen molar-refractivity contribution in [3.8, 4) is 67.5 Å². The summed E-state index contributed by atoms with van der Waals surface area (Å²) in [5.74, 6) is 4.12. The number of benzene rings is 9. The lowest BCUT2D eigenvalue weighted by Gasteiger charge is -2.36. The second-order valence-corrected chi connectivity index (χ2v) is 29.4. The number of hydrogen-bond acceptors (Lipinski definition) is 2. The van der Waals surface area contributed by atoms with Crippen LogP contribution in [0.4, 0.5) is 0 Å². The molecular formula is C60H50O2Si2. The van der Waals surface area contributed by atoms with E-state index in [0.717, 1.165) is 34.1 Å². The molecule has 0 fully saturated rings. The first kappa shape index (κ1) is 38.0. The van der Waals surface area contributed by atoms with Gasteiger partial charge < -0.3 is 9.47 Å². The second-order valence-electron chi connectivity index (χ2n) is 20.7. The van der Waals surface area contributed by atoms with Crippen LogP contribution in [-0.4, -0.2) is 16.1 Å². The van der Waals surface area contributed by atoms with E-state index in [9.17, 15) is 0 Å². The van der Waals surface area contributed by atoms with Crippen molar-refractivity contribution >= 4 is 58.4 Å². The molecule has 0 saturated carbocycles. The molecule has 2 heterocycles. The van der Waals surface area contributed by atoms with E-state index in [1.165, 1.54) is 97.9 Å². The smallest absolute Gasteiger partial charge is 0.135 e. The molecule has 0 radical (unpaired) electrons. The van der Waals surface area contributed by atoms with Crippen LogP contribution in [0.3, 0.4) is 0 Å². The molecule has 4 aliphatic rings. The highest BCUT2D eigenvalue weighted by Crippen LogP contribution is 2.57. The predicted octanol–water partition coefficient (Wildman–Crippen LogP) is 13.8. The molecule has 2 aliphatic heterocycles. The molecule has 13 rings (SSSR count). The Morgan fingerprint density at radius 1 is 0.297 bits per heavy atom. The summed E-state index contributed by atoms with van der Waals surface area (Å²) < 4.78 is 15.1. The van der Waals surface area contributed by atoms with Gasteiger partial charge in [0.2, 0.25) is 0 Å². The minimum atomic E-state index is -2.24. The van der Waals surface area contributed by atoms with Crippen molar-refractivity contribution in [2.75, 3.05) is 0 Å². The number of para-hydroxylation sites is 2. The molecule has 64 heavy (non-hydrogen) atoms. The van der Waals surface area contributed by atoms with Crippen LogP contribution in [0.2, 0.25) is 26.2 Å². The molecule has 0 amide bonds. The fourth-order valence-corrected chi connectivity index (χ4v) is 18.2. The van der Waals surface area contributed by atoms with E-state index in [0.29, 0.717) is 0 Å². The van der Waals surface area contributed by atoms with Gasteiger partial charge in [0.25, 0.3) is 0 Å². The quantitative estimate of drug-likeness (QED) is 0.127. The van der Waals surface area contributed by atoms with Gasteiger partial charge in [0.05, 0.1) is 0 Å². The Morgan fingerprint density at radius 2 is 0.625 bits per heavy atom. The van der Waals surface area contributed by atoms with Crippen LogP contribution >= 0.6 is 0 Å². The van der Waals surface area contributed by atoms with Gasteiger partial charge in [-0.25, -0.2) is 0 Å². The predicted molar refractivity (Wildman–Crippen MR) is 274 cm³/mol. The van der Waals surface area contributed by atoms with Gasteiger partial charge in [0.1, 0.15) is 39.1 Å². The Balaban J connectivity index is 1.05. The summed E-state index contributed by atoms with van der Waals surface area (Å²) in [4.78, 5) is 0. The van der Waals surface area contributed by atoms with E-state index in [2.05, 4.69) is 212 Å². The number of ether oxygens (including phenoxy) is 2. The molecule has 0 spiro atoms. The fraction of sp³-hybridized carbons (Fsp3) is 0.167. The van der Waals surface area contributed by atoms with Crippen LogP contribution in [-0.2, 0) is 10.8 Å². The lowest BCUT2D eigenvalue weighted by Crippen LogP contribution is -2.56. The molecule has 9 aromatic carbocycles. The van der Waals surface area contributed by atoms with Crippen LogP contribution < -0.4 is 30.2 Å². The topological polar surface area (TPSA) is 18.5 Å². The fourth-order valence-electron chi connectivity index (χ4n) is 12.6. The maximum absolute atomic E-state index is 7.53. The first-order valence-corrected chi connectivity index (χ1v) is 28.9. The van der Waals surface area contributed by atoms with Gasteiger partial charge in [-0.05, 0) is 75.7 Å². The minimum Gasteiger partial charge on any atom is -0.456 e. The van der Waals surface area contributed by atoms with Crippen molar-refractivity contribution in [3.63, 3.8) is 0 Å². The van der Waals surface area contributed by atoms with Crippen molar-refractivity contribution in [3.05, 3.63) is 180 Å². The molecule has 0 N–H and O–H groups in total. The standard InChI is InChI=1S/C60H50O2Si2/c1-59(2)43-27-15-13-23-39(43)53-45(59)31-33-49-57(53)61-55-41(25-17-29-47(55)63(49,5)6)51-35-19-9-11-21-37(35)52(38-22-12-10-20-36(38)51)42-26-18-30-48-56(42)62-58-50(64(48,7)8)34-32-46-54(58)40-24-14-16-28-44(40)60(46,3)4/h9-34H,1-8H3. The average Bonchev–Trinajstić information content (AvgIpc) is 3.68. The van der Waals surface area contributed by atoms with Gasteiger partial charge in [-0.2, -0.15) is 0 Å². The molecule has 310 valence electrons. The van der Waals surface area contributed by atoms with Gasteiger partial charge in [-0.3, -0.25) is 0 Å². The van der Waals surface area contributed by atoms with E-state index in [1.807, 2.05) is 0 Å². The van der Waals surface area contributed by atoms with Gasteiger partial charge in [0, 0.05) is 44.2 Å². The summed E-state index contributed by atoms with van der Waals surface area (Å²) in [5, 5.41) is 10.3. The third kappa shape index (κ3) is 4.70. The zero-order valence-corrected chi connectivity index (χ0v) is 39.8. The third-order valence-electron chi connectivity index (χ3n) is 16.0. The van der Waals surface area contributed by atoms with Crippen molar-refractivity contribution in [1.29, 1.82) is 0 Å². The molecule has 9 aromatic rings. The zero-order valence-electron chi connectivity index (χ0n) is 37.8. The largest absolute Gasteiger partial charge is 0.456 e. The maximum atomic E-state index is 7.53. The van der Waals surface area contributed by atoms with Crippen LogP contribution in [0.25, 0.3) is 66.1 Å². The Labute approximate surface area is 378 Å². The Hall–Kier alpha value is -6.47. The summed E-state index contributed by atoms with van der Waals surface area (Å²) >= 11 is 0. The Morgan fingerprint density at radius 3 is 1.02 bits per heavy atom. The highest BCUT2D eigenvalue weighted by Gasteiger charge is 2.46. The number of hydrogen-bond donors (Lipinski definition) is 0. The zero-order chi connectivity index (χ0) is 43.7. The summed E-state index contributed by atoms with van der Waals surface area (Å²) in [5.41, 5.74) is 15.1. The van der Waals surface area contributed by atoms with Crippen LogP contribution in [0.1, 0.15) is 49.9 Å². The molecule has 0 bridgehead atoms. The SMILES string of the molecule is CC1(C)c2ccccc2-c2c1ccc1c2Oc2c(-c3c4ccccc4c(-c4cccc5c4Oc4c(ccc6c4-c4ccccc4C6(C)C)[Si]5(C)C)c4ccccc34)cccc2[Si]1(C)C. The molecule has 0 aromatic heterocycles. The molecule has 0 unspecified atom stereocenters. The third-order valence-corrected chi connectivity index (χ3v) is 23.0. The van der Waals surface area contributed by atoms with Gasteiger partial charge in [-0.15, -0.1) is 0 Å². The minimum absolute atomic E-state index is 0.112. The second kappa shape index (κ2) is 12.6. The highest BCUT2D eigenvalue weighted by molar-refractivity contribution is 7.02.